The number of hydrogen-bond acceptors (Lipinski definition) is 3. The number of nitrogen functional groups attached to an aromatic ring is 1. The molecule has 1 aliphatic heterocycles. The number of hydrogen-bond donors (Lipinski definition) is 1. The molecular formula is C15H24N2O. The first-order chi connectivity index (χ1) is 8.52. The van der Waals surface area contributed by atoms with Crippen LogP contribution in [0.1, 0.15) is 33.6 Å². The maximum Gasteiger partial charge on any atom is 0.144 e. The van der Waals surface area contributed by atoms with Crippen LogP contribution in [0.2, 0.25) is 0 Å². The summed E-state index contributed by atoms with van der Waals surface area (Å²) in [5.41, 5.74) is 8.33. The first-order valence-corrected chi connectivity index (χ1v) is 6.79. The Labute approximate surface area is 110 Å². The molecule has 1 fully saturated rings. The van der Waals surface area contributed by atoms with Gasteiger partial charge in [0.1, 0.15) is 5.75 Å². The summed E-state index contributed by atoms with van der Waals surface area (Å²) in [6, 6.07) is 6.10. The van der Waals surface area contributed by atoms with Gasteiger partial charge in [0.25, 0.3) is 0 Å². The first-order valence-electron chi connectivity index (χ1n) is 6.79. The van der Waals surface area contributed by atoms with E-state index in [4.69, 9.17) is 10.5 Å². The van der Waals surface area contributed by atoms with Gasteiger partial charge in [-0.3, -0.25) is 0 Å². The van der Waals surface area contributed by atoms with Gasteiger partial charge in [-0.1, -0.05) is 13.8 Å². The predicted octanol–water partition coefficient (Wildman–Crippen LogP) is 3.29. The third kappa shape index (κ3) is 2.89. The maximum atomic E-state index is 5.90. The van der Waals surface area contributed by atoms with Gasteiger partial charge in [0, 0.05) is 24.8 Å². The van der Waals surface area contributed by atoms with E-state index < -0.39 is 0 Å². The molecule has 1 aromatic carbocycles. The van der Waals surface area contributed by atoms with Crippen molar-refractivity contribution in [2.45, 2.75) is 33.6 Å². The molecule has 0 unspecified atom stereocenters. The van der Waals surface area contributed by atoms with Crippen LogP contribution in [-0.4, -0.2) is 19.7 Å². The SMILES string of the molecule is CCOc1cc(N2CCC(C)(C)CC2)ccc1N. The lowest BCUT2D eigenvalue weighted by molar-refractivity contribution is 0.279. The Morgan fingerprint density at radius 1 is 1.28 bits per heavy atom. The lowest BCUT2D eigenvalue weighted by atomic mass is 9.82. The molecule has 2 rings (SSSR count). The minimum absolute atomic E-state index is 0.479. The van der Waals surface area contributed by atoms with Gasteiger partial charge in [0.05, 0.1) is 12.3 Å². The number of ether oxygens (including phenoxy) is 1. The molecule has 1 aromatic rings. The number of nitrogens with two attached hydrogens (primary N) is 1. The second-order valence-corrected chi connectivity index (χ2v) is 5.81. The van der Waals surface area contributed by atoms with Crippen molar-refractivity contribution >= 4 is 11.4 Å². The van der Waals surface area contributed by atoms with E-state index in [9.17, 15) is 0 Å². The van der Waals surface area contributed by atoms with Crippen LogP contribution in [0.4, 0.5) is 11.4 Å². The van der Waals surface area contributed by atoms with Crippen molar-refractivity contribution in [1.29, 1.82) is 0 Å². The Morgan fingerprint density at radius 2 is 1.94 bits per heavy atom. The van der Waals surface area contributed by atoms with Crippen LogP contribution in [0.25, 0.3) is 0 Å². The summed E-state index contributed by atoms with van der Waals surface area (Å²) >= 11 is 0. The van der Waals surface area contributed by atoms with E-state index in [1.165, 1.54) is 18.5 Å². The second kappa shape index (κ2) is 5.09. The minimum atomic E-state index is 0.479. The van der Waals surface area contributed by atoms with E-state index in [1.807, 2.05) is 13.0 Å². The minimum Gasteiger partial charge on any atom is -0.492 e. The third-order valence-corrected chi connectivity index (χ3v) is 3.78. The lowest BCUT2D eigenvalue weighted by Crippen LogP contribution is -2.37. The zero-order valence-corrected chi connectivity index (χ0v) is 11.7. The van der Waals surface area contributed by atoms with Crippen molar-refractivity contribution in [3.05, 3.63) is 18.2 Å². The highest BCUT2D eigenvalue weighted by Crippen LogP contribution is 2.34. The Balaban J connectivity index is 2.12. The van der Waals surface area contributed by atoms with Crippen molar-refractivity contribution in [3.63, 3.8) is 0 Å². The van der Waals surface area contributed by atoms with Gasteiger partial charge in [-0.2, -0.15) is 0 Å². The monoisotopic (exact) mass is 248 g/mol. The molecule has 1 aliphatic rings. The summed E-state index contributed by atoms with van der Waals surface area (Å²) in [5, 5.41) is 0. The molecule has 3 nitrogen and oxygen atoms in total. The molecular weight excluding hydrogens is 224 g/mol. The summed E-state index contributed by atoms with van der Waals surface area (Å²) in [7, 11) is 0. The van der Waals surface area contributed by atoms with Crippen LogP contribution in [0, 0.1) is 5.41 Å². The van der Waals surface area contributed by atoms with Crippen LogP contribution in [0.15, 0.2) is 18.2 Å². The fraction of sp³-hybridized carbons (Fsp3) is 0.600. The Morgan fingerprint density at radius 3 is 2.56 bits per heavy atom. The molecule has 0 radical (unpaired) electrons. The highest BCUT2D eigenvalue weighted by molar-refractivity contribution is 5.62. The van der Waals surface area contributed by atoms with Crippen LogP contribution in [-0.2, 0) is 0 Å². The maximum absolute atomic E-state index is 5.90. The van der Waals surface area contributed by atoms with Gasteiger partial charge >= 0.3 is 0 Å². The normalized spacial score (nSPS) is 18.7. The molecule has 100 valence electrons. The number of nitrogens with zero attached hydrogens (tertiary/aromatic N) is 1. The summed E-state index contributed by atoms with van der Waals surface area (Å²) in [6.45, 7) is 9.55. The van der Waals surface area contributed by atoms with E-state index in [2.05, 4.69) is 30.9 Å². The quantitative estimate of drug-likeness (QED) is 0.834. The molecule has 1 heterocycles. The van der Waals surface area contributed by atoms with Crippen molar-refractivity contribution in [1.82, 2.24) is 0 Å². The molecule has 0 aromatic heterocycles. The molecule has 18 heavy (non-hydrogen) atoms. The smallest absolute Gasteiger partial charge is 0.144 e. The van der Waals surface area contributed by atoms with Crippen molar-refractivity contribution in [2.24, 2.45) is 5.41 Å². The number of benzene rings is 1. The fourth-order valence-corrected chi connectivity index (χ4v) is 2.37. The molecule has 0 amide bonds. The predicted molar refractivity (Wildman–Crippen MR) is 77.3 cm³/mol. The fourth-order valence-electron chi connectivity index (χ4n) is 2.37. The topological polar surface area (TPSA) is 38.5 Å². The van der Waals surface area contributed by atoms with Crippen LogP contribution in [0.3, 0.4) is 0 Å². The van der Waals surface area contributed by atoms with Gasteiger partial charge < -0.3 is 15.4 Å². The van der Waals surface area contributed by atoms with Gasteiger partial charge in [-0.25, -0.2) is 0 Å². The molecule has 1 saturated heterocycles. The lowest BCUT2D eigenvalue weighted by Gasteiger charge is -2.38. The van der Waals surface area contributed by atoms with Crippen LogP contribution >= 0.6 is 0 Å². The average Bonchev–Trinajstić information content (AvgIpc) is 2.32. The van der Waals surface area contributed by atoms with E-state index >= 15 is 0 Å². The van der Waals surface area contributed by atoms with E-state index in [0.717, 1.165) is 24.5 Å². The Kier molecular flexibility index (Phi) is 3.69. The standard InChI is InChI=1S/C15H24N2O/c1-4-18-14-11-12(5-6-13(14)16)17-9-7-15(2,3)8-10-17/h5-6,11H,4,7-10,16H2,1-3H3. The van der Waals surface area contributed by atoms with Gasteiger partial charge in [-0.05, 0) is 37.3 Å². The summed E-state index contributed by atoms with van der Waals surface area (Å²) in [5.74, 6) is 0.805. The molecule has 0 atom stereocenters. The Hall–Kier alpha value is -1.38. The first kappa shape index (κ1) is 13.1. The largest absolute Gasteiger partial charge is 0.492 e. The molecule has 2 N–H and O–H groups in total. The zero-order chi connectivity index (χ0) is 13.2. The number of piperidine rings is 1. The molecule has 0 aliphatic carbocycles. The van der Waals surface area contributed by atoms with E-state index in [-0.39, 0.29) is 0 Å². The highest BCUT2D eigenvalue weighted by atomic mass is 16.5. The van der Waals surface area contributed by atoms with Crippen molar-refractivity contribution in [3.8, 4) is 5.75 Å². The second-order valence-electron chi connectivity index (χ2n) is 5.81. The van der Waals surface area contributed by atoms with Crippen LogP contribution in [0.5, 0.6) is 5.75 Å². The van der Waals surface area contributed by atoms with Gasteiger partial charge in [0.15, 0.2) is 0 Å². The average molecular weight is 248 g/mol. The van der Waals surface area contributed by atoms with Gasteiger partial charge in [-0.15, -0.1) is 0 Å². The molecule has 0 saturated carbocycles. The summed E-state index contributed by atoms with van der Waals surface area (Å²) < 4.78 is 5.56. The molecule has 0 bridgehead atoms. The van der Waals surface area contributed by atoms with E-state index in [1.54, 1.807) is 0 Å². The van der Waals surface area contributed by atoms with Crippen molar-refractivity contribution in [2.75, 3.05) is 30.3 Å². The molecule has 3 heteroatoms. The Bertz CT molecular complexity index is 405. The number of rotatable bonds is 3. The summed E-state index contributed by atoms with van der Waals surface area (Å²) in [4.78, 5) is 2.42. The van der Waals surface area contributed by atoms with Gasteiger partial charge in [0.2, 0.25) is 0 Å². The summed E-state index contributed by atoms with van der Waals surface area (Å²) in [6.07, 6.45) is 2.47. The molecule has 0 spiro atoms. The highest BCUT2D eigenvalue weighted by Gasteiger charge is 2.25. The van der Waals surface area contributed by atoms with Crippen molar-refractivity contribution < 1.29 is 4.74 Å². The third-order valence-electron chi connectivity index (χ3n) is 3.78. The van der Waals surface area contributed by atoms with Crippen LogP contribution < -0.4 is 15.4 Å². The zero-order valence-electron chi connectivity index (χ0n) is 11.7. The van der Waals surface area contributed by atoms with E-state index in [0.29, 0.717) is 12.0 Å². The number of anilines is 2.